The number of hydrogen-bond donors (Lipinski definition) is 2. The lowest BCUT2D eigenvalue weighted by atomic mass is 10.2. The van der Waals surface area contributed by atoms with Gasteiger partial charge in [-0.2, -0.15) is 0 Å². The van der Waals surface area contributed by atoms with E-state index in [0.29, 0.717) is 5.69 Å². The van der Waals surface area contributed by atoms with Crippen molar-refractivity contribution in [1.29, 1.82) is 0 Å². The van der Waals surface area contributed by atoms with Crippen LogP contribution in [0.3, 0.4) is 0 Å². The van der Waals surface area contributed by atoms with Gasteiger partial charge in [0.05, 0.1) is 5.69 Å². The van der Waals surface area contributed by atoms with Gasteiger partial charge in [0.2, 0.25) is 5.88 Å². The van der Waals surface area contributed by atoms with Crippen LogP contribution in [-0.2, 0) is 0 Å². The number of aromatic nitrogens is 1. The zero-order valence-corrected chi connectivity index (χ0v) is 9.95. The molecule has 0 aliphatic carbocycles. The molecule has 0 saturated heterocycles. The number of rotatable bonds is 2. The van der Waals surface area contributed by atoms with Crippen molar-refractivity contribution in [3.05, 3.63) is 40.8 Å². The van der Waals surface area contributed by atoms with E-state index in [1.807, 2.05) is 0 Å². The van der Waals surface area contributed by atoms with Gasteiger partial charge in [-0.25, -0.2) is 4.39 Å². The van der Waals surface area contributed by atoms with E-state index in [0.717, 1.165) is 17.7 Å². The van der Waals surface area contributed by atoms with Gasteiger partial charge in [-0.05, 0) is 32.0 Å². The quantitative estimate of drug-likeness (QED) is 0.800. The molecular weight excluding hydrogens is 237 g/mol. The molecular formula is C12H12FN3O2. The molecule has 1 amide bonds. The average molecular weight is 249 g/mol. The summed E-state index contributed by atoms with van der Waals surface area (Å²) >= 11 is 0. The second-order valence-corrected chi connectivity index (χ2v) is 3.95. The Kier molecular flexibility index (Phi) is 3.01. The van der Waals surface area contributed by atoms with Crippen molar-refractivity contribution in [3.63, 3.8) is 0 Å². The number of carbonyl (C=O) groups excluding carboxylic acids is 1. The first-order chi connectivity index (χ1) is 8.47. The lowest BCUT2D eigenvalue weighted by molar-refractivity contribution is 0.102. The highest BCUT2D eigenvalue weighted by Crippen LogP contribution is 2.19. The predicted octanol–water partition coefficient (Wildman–Crippen LogP) is 2.27. The molecule has 3 N–H and O–H groups in total. The minimum absolute atomic E-state index is 0.126. The molecule has 0 atom stereocenters. The third kappa shape index (κ3) is 2.32. The van der Waals surface area contributed by atoms with Crippen LogP contribution in [0, 0.1) is 19.7 Å². The number of nitrogens with one attached hydrogen (secondary N) is 1. The molecule has 94 valence electrons. The number of anilines is 2. The van der Waals surface area contributed by atoms with Crippen LogP contribution >= 0.6 is 0 Å². The molecule has 1 aromatic heterocycles. The summed E-state index contributed by atoms with van der Waals surface area (Å²) in [6.45, 7) is 3.52. The van der Waals surface area contributed by atoms with Gasteiger partial charge in [0, 0.05) is 16.8 Å². The summed E-state index contributed by atoms with van der Waals surface area (Å²) in [5, 5.41) is 6.22. The second-order valence-electron chi connectivity index (χ2n) is 3.95. The SMILES string of the molecule is Cc1noc(NC(=O)c2cc(N)cc(F)c2)c1C. The number of hydrogen-bond acceptors (Lipinski definition) is 4. The molecule has 0 fully saturated rings. The second kappa shape index (κ2) is 4.48. The van der Waals surface area contributed by atoms with Crippen molar-refractivity contribution in [2.24, 2.45) is 0 Å². The predicted molar refractivity (Wildman–Crippen MR) is 64.7 cm³/mol. The Labute approximate surface area is 103 Å². The summed E-state index contributed by atoms with van der Waals surface area (Å²) in [5.74, 6) is -0.814. The van der Waals surface area contributed by atoms with Crippen LogP contribution in [0.25, 0.3) is 0 Å². The molecule has 2 aromatic rings. The first-order valence-electron chi connectivity index (χ1n) is 5.27. The molecule has 0 spiro atoms. The minimum atomic E-state index is -0.564. The standard InChI is InChI=1S/C12H12FN3O2/c1-6-7(2)16-18-12(6)15-11(17)8-3-9(13)5-10(14)4-8/h3-5H,14H2,1-2H3,(H,15,17). The topological polar surface area (TPSA) is 81.2 Å². The maximum atomic E-state index is 13.1. The highest BCUT2D eigenvalue weighted by Gasteiger charge is 2.14. The van der Waals surface area contributed by atoms with Gasteiger partial charge in [-0.15, -0.1) is 0 Å². The fourth-order valence-electron chi connectivity index (χ4n) is 1.45. The minimum Gasteiger partial charge on any atom is -0.399 e. The Morgan fingerprint density at radius 3 is 2.67 bits per heavy atom. The van der Waals surface area contributed by atoms with E-state index in [1.165, 1.54) is 6.07 Å². The van der Waals surface area contributed by atoms with Crippen LogP contribution in [0.4, 0.5) is 16.0 Å². The molecule has 18 heavy (non-hydrogen) atoms. The molecule has 5 nitrogen and oxygen atoms in total. The number of carbonyl (C=O) groups is 1. The number of nitrogen functional groups attached to an aromatic ring is 1. The van der Waals surface area contributed by atoms with E-state index in [4.69, 9.17) is 10.3 Å². The summed E-state index contributed by atoms with van der Waals surface area (Å²) in [7, 11) is 0. The highest BCUT2D eigenvalue weighted by atomic mass is 19.1. The number of nitrogens with zero attached hydrogens (tertiary/aromatic N) is 1. The summed E-state index contributed by atoms with van der Waals surface area (Å²) in [4.78, 5) is 11.9. The molecule has 0 bridgehead atoms. The Balaban J connectivity index is 2.24. The molecule has 0 unspecified atom stereocenters. The smallest absolute Gasteiger partial charge is 0.258 e. The molecule has 6 heteroatoms. The van der Waals surface area contributed by atoms with Crippen molar-refractivity contribution in [2.45, 2.75) is 13.8 Å². The summed E-state index contributed by atoms with van der Waals surface area (Å²) in [6, 6.07) is 3.63. The van der Waals surface area contributed by atoms with Crippen molar-refractivity contribution in [1.82, 2.24) is 5.16 Å². The van der Waals surface area contributed by atoms with Crippen molar-refractivity contribution < 1.29 is 13.7 Å². The third-order valence-corrected chi connectivity index (χ3v) is 2.57. The first-order valence-corrected chi connectivity index (χ1v) is 5.27. The zero-order valence-electron chi connectivity index (χ0n) is 9.95. The average Bonchev–Trinajstić information content (AvgIpc) is 2.59. The van der Waals surface area contributed by atoms with E-state index in [9.17, 15) is 9.18 Å². The Morgan fingerprint density at radius 2 is 2.11 bits per heavy atom. The number of amides is 1. The maximum absolute atomic E-state index is 13.1. The lowest BCUT2D eigenvalue weighted by Crippen LogP contribution is -2.12. The monoisotopic (exact) mass is 249 g/mol. The van der Waals surface area contributed by atoms with Gasteiger partial charge in [0.25, 0.3) is 5.91 Å². The fraction of sp³-hybridized carbons (Fsp3) is 0.167. The van der Waals surface area contributed by atoms with Gasteiger partial charge < -0.3 is 10.3 Å². The van der Waals surface area contributed by atoms with Gasteiger partial charge in [0.15, 0.2) is 0 Å². The molecule has 1 heterocycles. The van der Waals surface area contributed by atoms with Crippen molar-refractivity contribution >= 4 is 17.5 Å². The van der Waals surface area contributed by atoms with Gasteiger partial charge in [-0.3, -0.25) is 10.1 Å². The van der Waals surface area contributed by atoms with Crippen LogP contribution < -0.4 is 11.1 Å². The van der Waals surface area contributed by atoms with E-state index in [2.05, 4.69) is 10.5 Å². The number of halogens is 1. The number of benzene rings is 1. The third-order valence-electron chi connectivity index (χ3n) is 2.57. The molecule has 0 radical (unpaired) electrons. The fourth-order valence-corrected chi connectivity index (χ4v) is 1.45. The van der Waals surface area contributed by atoms with Gasteiger partial charge in [-0.1, -0.05) is 5.16 Å². The van der Waals surface area contributed by atoms with E-state index in [1.54, 1.807) is 13.8 Å². The molecule has 2 rings (SSSR count). The summed E-state index contributed by atoms with van der Waals surface area (Å²) in [6.07, 6.45) is 0. The Morgan fingerprint density at radius 1 is 1.39 bits per heavy atom. The highest BCUT2D eigenvalue weighted by molar-refractivity contribution is 6.04. The van der Waals surface area contributed by atoms with Crippen LogP contribution in [0.5, 0.6) is 0 Å². The zero-order chi connectivity index (χ0) is 13.3. The number of nitrogens with two attached hydrogens (primary N) is 1. The molecule has 0 saturated carbocycles. The molecule has 1 aromatic carbocycles. The van der Waals surface area contributed by atoms with Crippen LogP contribution in [-0.4, -0.2) is 11.1 Å². The lowest BCUT2D eigenvalue weighted by Gasteiger charge is -2.03. The molecule has 0 aliphatic rings. The van der Waals surface area contributed by atoms with Crippen LogP contribution in [0.1, 0.15) is 21.6 Å². The Hall–Kier alpha value is -2.37. The van der Waals surface area contributed by atoms with Crippen LogP contribution in [0.15, 0.2) is 22.7 Å². The van der Waals surface area contributed by atoms with Gasteiger partial charge >= 0.3 is 0 Å². The van der Waals surface area contributed by atoms with Crippen molar-refractivity contribution in [3.8, 4) is 0 Å². The van der Waals surface area contributed by atoms with E-state index >= 15 is 0 Å². The Bertz CT molecular complexity index is 587. The summed E-state index contributed by atoms with van der Waals surface area (Å²) in [5.41, 5.74) is 7.19. The van der Waals surface area contributed by atoms with Crippen molar-refractivity contribution in [2.75, 3.05) is 11.1 Å². The maximum Gasteiger partial charge on any atom is 0.258 e. The van der Waals surface area contributed by atoms with Crippen LogP contribution in [0.2, 0.25) is 0 Å². The largest absolute Gasteiger partial charge is 0.399 e. The molecule has 0 aliphatic heterocycles. The van der Waals surface area contributed by atoms with E-state index < -0.39 is 11.7 Å². The summed E-state index contributed by atoms with van der Waals surface area (Å²) < 4.78 is 18.1. The normalized spacial score (nSPS) is 10.4. The van der Waals surface area contributed by atoms with E-state index in [-0.39, 0.29) is 17.1 Å². The first kappa shape index (κ1) is 12.1. The van der Waals surface area contributed by atoms with Gasteiger partial charge in [0.1, 0.15) is 5.82 Å². The number of aryl methyl sites for hydroxylation is 1.